The van der Waals surface area contributed by atoms with Gasteiger partial charge in [-0.3, -0.25) is 9.89 Å². The zero-order chi connectivity index (χ0) is 15.3. The molecule has 1 aliphatic rings. The molecule has 0 bridgehead atoms. The van der Waals surface area contributed by atoms with E-state index in [0.29, 0.717) is 19.6 Å². The first-order valence-electron chi connectivity index (χ1n) is 7.15. The normalized spacial score (nSPS) is 15.6. The first-order chi connectivity index (χ1) is 9.94. The lowest BCUT2D eigenvalue weighted by Gasteiger charge is -2.29. The molecule has 116 valence electrons. The van der Waals surface area contributed by atoms with E-state index < -0.39 is 5.60 Å². The van der Waals surface area contributed by atoms with E-state index in [-0.39, 0.29) is 6.09 Å². The Balaban J connectivity index is 1.77. The van der Waals surface area contributed by atoms with E-state index in [1.807, 2.05) is 31.5 Å². The Hall–Kier alpha value is -2.05. The van der Waals surface area contributed by atoms with Gasteiger partial charge in [-0.25, -0.2) is 9.78 Å². The van der Waals surface area contributed by atoms with Crippen molar-refractivity contribution >= 4 is 11.9 Å². The van der Waals surface area contributed by atoms with Crippen LogP contribution in [0.2, 0.25) is 0 Å². The number of ether oxygens (including phenoxy) is 1. The maximum absolute atomic E-state index is 12.0. The number of aromatic nitrogens is 2. The molecule has 0 spiro atoms. The predicted octanol–water partition coefficient (Wildman–Crippen LogP) is 1.12. The maximum atomic E-state index is 12.0. The number of carbonyl (C=O) groups is 1. The average molecular weight is 293 g/mol. The van der Waals surface area contributed by atoms with Gasteiger partial charge in [-0.05, 0) is 20.8 Å². The van der Waals surface area contributed by atoms with E-state index in [0.717, 1.165) is 18.9 Å². The second-order valence-electron chi connectivity index (χ2n) is 5.96. The van der Waals surface area contributed by atoms with Crippen LogP contribution in [0.1, 0.15) is 20.8 Å². The summed E-state index contributed by atoms with van der Waals surface area (Å²) < 4.78 is 7.37. The molecule has 0 unspecified atom stereocenters. The summed E-state index contributed by atoms with van der Waals surface area (Å²) in [6.45, 7) is 8.84. The van der Waals surface area contributed by atoms with Gasteiger partial charge in [0.2, 0.25) is 0 Å². The minimum Gasteiger partial charge on any atom is -0.444 e. The molecule has 21 heavy (non-hydrogen) atoms. The van der Waals surface area contributed by atoms with E-state index in [2.05, 4.69) is 15.3 Å². The molecule has 2 rings (SSSR count). The van der Waals surface area contributed by atoms with Gasteiger partial charge in [-0.2, -0.15) is 0 Å². The van der Waals surface area contributed by atoms with Crippen LogP contribution in [0.25, 0.3) is 0 Å². The molecule has 0 aliphatic carbocycles. The fourth-order valence-corrected chi connectivity index (χ4v) is 1.96. The van der Waals surface area contributed by atoms with Crippen LogP contribution in [0.5, 0.6) is 0 Å². The number of amidine groups is 1. The number of amides is 1. The Bertz CT molecular complexity index is 490. The summed E-state index contributed by atoms with van der Waals surface area (Å²) in [6.07, 6.45) is 5.16. The fourth-order valence-electron chi connectivity index (χ4n) is 1.96. The fraction of sp³-hybridized carbons (Fsp3) is 0.643. The average Bonchev–Trinajstić information content (AvgIpc) is 2.90. The highest BCUT2D eigenvalue weighted by molar-refractivity contribution is 5.87. The molecule has 1 amide bonds. The van der Waals surface area contributed by atoms with Crippen LogP contribution in [-0.2, 0) is 11.3 Å². The van der Waals surface area contributed by atoms with Gasteiger partial charge in [0, 0.05) is 32.0 Å². The molecule has 1 N–H and O–H groups in total. The molecule has 0 saturated carbocycles. The lowest BCUT2D eigenvalue weighted by atomic mass is 10.2. The van der Waals surface area contributed by atoms with Gasteiger partial charge in [0.15, 0.2) is 0 Å². The van der Waals surface area contributed by atoms with E-state index in [9.17, 15) is 4.79 Å². The number of hydrogen-bond acceptors (Lipinski definition) is 5. The second-order valence-corrected chi connectivity index (χ2v) is 5.96. The van der Waals surface area contributed by atoms with Crippen molar-refractivity contribution in [2.45, 2.75) is 32.9 Å². The molecule has 0 radical (unpaired) electrons. The number of aliphatic imine (C=N–C) groups is 1. The predicted molar refractivity (Wildman–Crippen MR) is 80.3 cm³/mol. The molecule has 7 heteroatoms. The summed E-state index contributed by atoms with van der Waals surface area (Å²) in [4.78, 5) is 22.1. The number of carbonyl (C=O) groups excluding carboxylic acids is 1. The Morgan fingerprint density at radius 3 is 2.95 bits per heavy atom. The maximum Gasteiger partial charge on any atom is 0.410 e. The molecule has 7 nitrogen and oxygen atoms in total. The number of nitrogens with one attached hydrogen (secondary N) is 1. The van der Waals surface area contributed by atoms with Crippen LogP contribution in [0, 0.1) is 0 Å². The third-order valence-corrected chi connectivity index (χ3v) is 2.92. The minimum atomic E-state index is -0.472. The Labute approximate surface area is 125 Å². The molecule has 0 aromatic carbocycles. The second kappa shape index (κ2) is 6.60. The molecular formula is C14H23N5O2. The summed E-state index contributed by atoms with van der Waals surface area (Å²) in [7, 11) is 0. The number of imidazole rings is 1. The van der Waals surface area contributed by atoms with E-state index in [1.54, 1.807) is 17.4 Å². The van der Waals surface area contributed by atoms with Crippen LogP contribution in [0.3, 0.4) is 0 Å². The standard InChI is InChI=1S/C14H23N5O2/c1-14(2,3)21-13(20)19-9-6-17-12(10-19)16-5-8-18-7-4-15-11-18/h4,7,11H,5-6,8-10H2,1-3H3,(H,16,17). The van der Waals surface area contributed by atoms with E-state index in [4.69, 9.17) is 4.74 Å². The highest BCUT2D eigenvalue weighted by Crippen LogP contribution is 2.10. The molecule has 1 aromatic heterocycles. The first kappa shape index (κ1) is 15.3. The SMILES string of the molecule is CC(C)(C)OC(=O)N1CCN=C(NCCn2ccnc2)C1. The van der Waals surface area contributed by atoms with Gasteiger partial charge in [0.1, 0.15) is 11.4 Å². The largest absolute Gasteiger partial charge is 0.444 e. The van der Waals surface area contributed by atoms with Gasteiger partial charge >= 0.3 is 6.09 Å². The molecule has 0 saturated heterocycles. The topological polar surface area (TPSA) is 71.8 Å². The first-order valence-corrected chi connectivity index (χ1v) is 7.15. The van der Waals surface area contributed by atoms with Gasteiger partial charge in [-0.15, -0.1) is 0 Å². The number of nitrogens with zero attached hydrogens (tertiary/aromatic N) is 4. The molecule has 0 fully saturated rings. The van der Waals surface area contributed by atoms with E-state index >= 15 is 0 Å². The van der Waals surface area contributed by atoms with Gasteiger partial charge in [0.05, 0.1) is 19.4 Å². The highest BCUT2D eigenvalue weighted by atomic mass is 16.6. The number of hydrogen-bond donors (Lipinski definition) is 1. The third kappa shape index (κ3) is 5.09. The van der Waals surface area contributed by atoms with Crippen LogP contribution < -0.4 is 5.32 Å². The molecule has 1 aromatic rings. The lowest BCUT2D eigenvalue weighted by Crippen LogP contribution is -2.47. The zero-order valence-electron chi connectivity index (χ0n) is 12.9. The molecule has 1 aliphatic heterocycles. The van der Waals surface area contributed by atoms with E-state index in [1.165, 1.54) is 0 Å². The molecular weight excluding hydrogens is 270 g/mol. The quantitative estimate of drug-likeness (QED) is 0.906. The smallest absolute Gasteiger partial charge is 0.410 e. The van der Waals surface area contributed by atoms with Crippen LogP contribution >= 0.6 is 0 Å². The van der Waals surface area contributed by atoms with Crippen LogP contribution in [-0.4, -0.2) is 58.2 Å². The van der Waals surface area contributed by atoms with Gasteiger partial charge in [-0.1, -0.05) is 0 Å². The van der Waals surface area contributed by atoms with Crippen molar-refractivity contribution < 1.29 is 9.53 Å². The van der Waals surface area contributed by atoms with Crippen molar-refractivity contribution in [1.82, 2.24) is 19.8 Å². The van der Waals surface area contributed by atoms with Crippen molar-refractivity contribution in [3.05, 3.63) is 18.7 Å². The monoisotopic (exact) mass is 293 g/mol. The Kier molecular flexibility index (Phi) is 4.82. The third-order valence-electron chi connectivity index (χ3n) is 2.92. The summed E-state index contributed by atoms with van der Waals surface area (Å²) in [5.74, 6) is 0.826. The molecule has 2 heterocycles. The van der Waals surface area contributed by atoms with Crippen molar-refractivity contribution in [3.8, 4) is 0 Å². The zero-order valence-corrected chi connectivity index (χ0v) is 12.9. The van der Waals surface area contributed by atoms with Crippen LogP contribution in [0.4, 0.5) is 4.79 Å². The summed E-state index contributed by atoms with van der Waals surface area (Å²) in [6, 6.07) is 0. The van der Waals surface area contributed by atoms with Gasteiger partial charge in [0.25, 0.3) is 0 Å². The molecule has 0 atom stereocenters. The van der Waals surface area contributed by atoms with Gasteiger partial charge < -0.3 is 14.6 Å². The number of rotatable bonds is 3. The van der Waals surface area contributed by atoms with Crippen molar-refractivity contribution in [1.29, 1.82) is 0 Å². The Morgan fingerprint density at radius 2 is 2.29 bits per heavy atom. The lowest BCUT2D eigenvalue weighted by molar-refractivity contribution is 0.0276. The summed E-state index contributed by atoms with van der Waals surface area (Å²) in [5, 5.41) is 3.26. The van der Waals surface area contributed by atoms with Crippen molar-refractivity contribution in [3.63, 3.8) is 0 Å². The van der Waals surface area contributed by atoms with Crippen molar-refractivity contribution in [2.75, 3.05) is 26.2 Å². The van der Waals surface area contributed by atoms with Crippen molar-refractivity contribution in [2.24, 2.45) is 4.99 Å². The summed E-state index contributed by atoms with van der Waals surface area (Å²) in [5.41, 5.74) is -0.472. The summed E-state index contributed by atoms with van der Waals surface area (Å²) >= 11 is 0. The highest BCUT2D eigenvalue weighted by Gasteiger charge is 2.24. The van der Waals surface area contributed by atoms with Crippen LogP contribution in [0.15, 0.2) is 23.7 Å². The Morgan fingerprint density at radius 1 is 1.48 bits per heavy atom. The minimum absolute atomic E-state index is 0.286.